The van der Waals surface area contributed by atoms with Gasteiger partial charge in [0, 0.05) is 52.2 Å². The smallest absolute Gasteiger partial charge is 0.227 e. The van der Waals surface area contributed by atoms with Gasteiger partial charge >= 0.3 is 0 Å². The highest BCUT2D eigenvalue weighted by Gasteiger charge is 2.48. The number of nitrogens with zero attached hydrogens (tertiary/aromatic N) is 3. The third kappa shape index (κ3) is 3.63. The van der Waals surface area contributed by atoms with E-state index in [0.717, 1.165) is 29.4 Å². The molecule has 256 valence electrons. The van der Waals surface area contributed by atoms with Gasteiger partial charge in [0.15, 0.2) is 6.20 Å². The van der Waals surface area contributed by atoms with E-state index in [1.807, 2.05) is 0 Å². The van der Waals surface area contributed by atoms with E-state index in [-0.39, 0.29) is 11.5 Å². The highest BCUT2D eigenvalue weighted by atomic mass is 16.3. The van der Waals surface area contributed by atoms with Crippen LogP contribution in [0.25, 0.3) is 87.6 Å². The van der Waals surface area contributed by atoms with Gasteiger partial charge in [0.1, 0.15) is 11.2 Å². The van der Waals surface area contributed by atoms with E-state index in [9.17, 15) is 0 Å². The third-order valence-electron chi connectivity index (χ3n) is 12.8. The Morgan fingerprint density at radius 2 is 1.43 bits per heavy atom. The van der Waals surface area contributed by atoms with Gasteiger partial charge in [0.2, 0.25) is 28.3 Å². The molecule has 0 saturated heterocycles. The van der Waals surface area contributed by atoms with Gasteiger partial charge in [0.05, 0.1) is 38.7 Å². The van der Waals surface area contributed by atoms with Gasteiger partial charge in [0.25, 0.3) is 0 Å². The molecule has 7 heterocycles. The first-order valence-electron chi connectivity index (χ1n) is 19.4. The quantitative estimate of drug-likeness (QED) is 0.124. The SMILES string of the molecule is CC(C)(C)Cc1ccn2c3c(c4cc5c(cc4c2c1)c1cccc2c4cc6oc7ccccc7c6cc4[n+]5c12)CC1c2ccccc2-c2cccc[n+]2C31. The molecule has 1 aliphatic heterocycles. The van der Waals surface area contributed by atoms with Crippen LogP contribution < -0.4 is 8.97 Å². The van der Waals surface area contributed by atoms with Crippen molar-refractivity contribution in [1.82, 2.24) is 4.40 Å². The summed E-state index contributed by atoms with van der Waals surface area (Å²) in [5.41, 5.74) is 15.6. The van der Waals surface area contributed by atoms with Crippen LogP contribution in [0.1, 0.15) is 55.1 Å². The summed E-state index contributed by atoms with van der Waals surface area (Å²) >= 11 is 0. The Bertz CT molecular complexity index is 3450. The molecule has 5 aromatic carbocycles. The van der Waals surface area contributed by atoms with Crippen LogP contribution in [0, 0.1) is 5.41 Å². The topological polar surface area (TPSA) is 25.5 Å². The average molecular weight is 696 g/mol. The number of aromatic nitrogens is 3. The second-order valence-electron chi connectivity index (χ2n) is 17.1. The molecule has 0 radical (unpaired) electrons. The first-order valence-corrected chi connectivity index (χ1v) is 19.4. The Morgan fingerprint density at radius 1 is 0.667 bits per heavy atom. The second-order valence-corrected chi connectivity index (χ2v) is 17.1. The van der Waals surface area contributed by atoms with Gasteiger partial charge in [-0.2, -0.15) is 8.97 Å². The maximum atomic E-state index is 6.41. The van der Waals surface area contributed by atoms with Crippen LogP contribution in [0.5, 0.6) is 0 Å². The summed E-state index contributed by atoms with van der Waals surface area (Å²) in [5.74, 6) is 0.346. The van der Waals surface area contributed by atoms with E-state index in [0.29, 0.717) is 5.92 Å². The van der Waals surface area contributed by atoms with Gasteiger partial charge in [-0.15, -0.1) is 0 Å². The molecule has 2 atom stereocenters. The Morgan fingerprint density at radius 3 is 2.30 bits per heavy atom. The summed E-state index contributed by atoms with van der Waals surface area (Å²) in [5, 5.41) is 10.2. The molecule has 2 aliphatic rings. The normalized spacial score (nSPS) is 16.8. The zero-order chi connectivity index (χ0) is 35.6. The largest absolute Gasteiger partial charge is 0.456 e. The highest BCUT2D eigenvalue weighted by Crippen LogP contribution is 2.51. The monoisotopic (exact) mass is 695 g/mol. The van der Waals surface area contributed by atoms with Crippen molar-refractivity contribution in [1.29, 1.82) is 0 Å². The molecule has 13 rings (SSSR count). The maximum Gasteiger partial charge on any atom is 0.227 e. The van der Waals surface area contributed by atoms with Gasteiger partial charge in [-0.3, -0.25) is 0 Å². The summed E-state index contributed by atoms with van der Waals surface area (Å²) in [4.78, 5) is 0. The zero-order valence-corrected chi connectivity index (χ0v) is 30.5. The molecule has 0 amide bonds. The summed E-state index contributed by atoms with van der Waals surface area (Å²) in [6.07, 6.45) is 6.71. The van der Waals surface area contributed by atoms with E-state index in [4.69, 9.17) is 4.42 Å². The molecule has 54 heavy (non-hydrogen) atoms. The zero-order valence-electron chi connectivity index (χ0n) is 30.5. The molecule has 2 unspecified atom stereocenters. The predicted octanol–water partition coefficient (Wildman–Crippen LogP) is 11.4. The molecule has 0 fully saturated rings. The van der Waals surface area contributed by atoms with Crippen LogP contribution in [-0.2, 0) is 12.8 Å². The van der Waals surface area contributed by atoms with Gasteiger partial charge < -0.3 is 8.82 Å². The minimum atomic E-state index is 0.186. The lowest BCUT2D eigenvalue weighted by molar-refractivity contribution is -0.707. The Balaban J connectivity index is 1.19. The number of para-hydroxylation sites is 2. The highest BCUT2D eigenvalue weighted by molar-refractivity contribution is 6.22. The lowest BCUT2D eigenvalue weighted by Gasteiger charge is -2.26. The number of hydrogen-bond acceptors (Lipinski definition) is 1. The summed E-state index contributed by atoms with van der Waals surface area (Å²) in [6, 6.07) is 45.9. The standard InChI is InChI=1S/C50H37N3O/c1-50(2,3)27-28-18-20-52-42(21-28)36-22-35-32-14-10-15-33-37-26-46-38(31-13-6-7-17-45(31)54-46)25-44(37)53(47(32)33)43(35)24-34(36)40-23-39-29-11-4-5-12-30(29)41-16-8-9-19-51(41)48(39)49(40)52/h4-22,24-26,39,48H,23,27H2,1-3H3/q+2. The predicted molar refractivity (Wildman–Crippen MR) is 219 cm³/mol. The van der Waals surface area contributed by atoms with Crippen LogP contribution in [0.2, 0.25) is 0 Å². The Kier molecular flexibility index (Phi) is 5.32. The molecule has 0 bridgehead atoms. The molecule has 0 saturated carbocycles. The molecular weight excluding hydrogens is 659 g/mol. The molecular formula is C50H37N3O+2. The van der Waals surface area contributed by atoms with E-state index in [1.54, 1.807) is 0 Å². The minimum absolute atomic E-state index is 0.186. The number of hydrogen-bond donors (Lipinski definition) is 0. The molecule has 4 nitrogen and oxygen atoms in total. The first kappa shape index (κ1) is 29.2. The first-order chi connectivity index (χ1) is 26.4. The Labute approximate surface area is 311 Å². The lowest BCUT2D eigenvalue weighted by Crippen LogP contribution is -2.46. The molecule has 0 N–H and O–H groups in total. The van der Waals surface area contributed by atoms with Gasteiger partial charge in [-0.25, -0.2) is 0 Å². The fourth-order valence-corrected chi connectivity index (χ4v) is 10.8. The number of benzene rings is 5. The maximum absolute atomic E-state index is 6.41. The van der Waals surface area contributed by atoms with E-state index >= 15 is 0 Å². The molecule has 6 aromatic heterocycles. The van der Waals surface area contributed by atoms with Crippen molar-refractivity contribution in [2.45, 2.75) is 45.6 Å². The molecule has 4 heteroatoms. The van der Waals surface area contributed by atoms with Crippen molar-refractivity contribution in [2.24, 2.45) is 5.41 Å². The van der Waals surface area contributed by atoms with Crippen molar-refractivity contribution in [3.8, 4) is 11.3 Å². The van der Waals surface area contributed by atoms with Crippen LogP contribution in [-0.4, -0.2) is 4.40 Å². The fourth-order valence-electron chi connectivity index (χ4n) is 10.8. The number of furan rings is 1. The van der Waals surface area contributed by atoms with E-state index in [2.05, 4.69) is 168 Å². The second kappa shape index (κ2) is 9.83. The van der Waals surface area contributed by atoms with Crippen molar-refractivity contribution in [3.05, 3.63) is 156 Å². The molecule has 1 aliphatic carbocycles. The summed E-state index contributed by atoms with van der Waals surface area (Å²) in [7, 11) is 0. The summed E-state index contributed by atoms with van der Waals surface area (Å²) < 4.78 is 14.1. The van der Waals surface area contributed by atoms with Crippen LogP contribution >= 0.6 is 0 Å². The van der Waals surface area contributed by atoms with Gasteiger partial charge in [-0.05, 0) is 94.9 Å². The van der Waals surface area contributed by atoms with Crippen molar-refractivity contribution in [2.75, 3.05) is 0 Å². The van der Waals surface area contributed by atoms with Crippen molar-refractivity contribution >= 4 is 76.3 Å². The van der Waals surface area contributed by atoms with Gasteiger partial charge in [-0.1, -0.05) is 63.2 Å². The van der Waals surface area contributed by atoms with Crippen molar-refractivity contribution in [3.63, 3.8) is 0 Å². The average Bonchev–Trinajstić information content (AvgIpc) is 3.93. The van der Waals surface area contributed by atoms with E-state index in [1.165, 1.54) is 93.4 Å². The minimum Gasteiger partial charge on any atom is -0.456 e. The van der Waals surface area contributed by atoms with Crippen LogP contribution in [0.3, 0.4) is 0 Å². The molecule has 11 aromatic rings. The van der Waals surface area contributed by atoms with E-state index < -0.39 is 0 Å². The fraction of sp³-hybridized carbons (Fsp3) is 0.160. The van der Waals surface area contributed by atoms with Crippen LogP contribution in [0.4, 0.5) is 0 Å². The third-order valence-corrected chi connectivity index (χ3v) is 12.8. The molecule has 0 spiro atoms. The Hall–Kier alpha value is -6.26. The van der Waals surface area contributed by atoms with Crippen LogP contribution in [0.15, 0.2) is 138 Å². The number of pyridine rings is 3. The van der Waals surface area contributed by atoms with Crippen molar-refractivity contribution < 1.29 is 13.4 Å². The summed E-state index contributed by atoms with van der Waals surface area (Å²) in [6.45, 7) is 7.03. The number of rotatable bonds is 1. The number of fused-ring (bicyclic) bond motifs is 22. The lowest BCUT2D eigenvalue weighted by atomic mass is 9.84.